The molecule has 0 atom stereocenters. The topological polar surface area (TPSA) is 72.5 Å². The number of aryl methyl sites for hydroxylation is 1. The summed E-state index contributed by atoms with van der Waals surface area (Å²) in [4.78, 5) is 16.6. The van der Waals surface area contributed by atoms with Gasteiger partial charge in [0.25, 0.3) is 5.91 Å². The van der Waals surface area contributed by atoms with Crippen LogP contribution in [-0.4, -0.2) is 17.7 Å². The van der Waals surface area contributed by atoms with Gasteiger partial charge in [0.2, 0.25) is 6.79 Å². The minimum Gasteiger partial charge on any atom is -0.454 e. The molecular formula is C20H16ClN3O3. The van der Waals surface area contributed by atoms with Crippen LogP contribution >= 0.6 is 11.6 Å². The van der Waals surface area contributed by atoms with E-state index in [4.69, 9.17) is 21.1 Å². The number of hydrogen-bond donors (Lipinski definition) is 2. The molecule has 2 heterocycles. The van der Waals surface area contributed by atoms with Gasteiger partial charge in [0.15, 0.2) is 11.5 Å². The highest BCUT2D eigenvalue weighted by Crippen LogP contribution is 2.34. The minimum absolute atomic E-state index is 0.190. The zero-order chi connectivity index (χ0) is 18.8. The summed E-state index contributed by atoms with van der Waals surface area (Å²) >= 11 is 5.97. The number of carbonyl (C=O) groups is 1. The molecule has 2 N–H and O–H groups in total. The SMILES string of the molecule is Cc1cc(Cl)ccc1Nc1ccc(C(=O)Nc2ccc3c(c2)OCO3)nc1. The highest BCUT2D eigenvalue weighted by atomic mass is 35.5. The van der Waals surface area contributed by atoms with Gasteiger partial charge in [-0.3, -0.25) is 4.79 Å². The standard InChI is InChI=1S/C20H16ClN3O3/c1-12-8-13(21)2-5-16(12)23-15-3-6-17(22-10-15)20(25)24-14-4-7-18-19(9-14)27-11-26-18/h2-10,23H,11H2,1H3,(H,24,25). The fraction of sp³-hybridized carbons (Fsp3) is 0.100. The Kier molecular flexibility index (Phi) is 4.56. The van der Waals surface area contributed by atoms with Crippen molar-refractivity contribution < 1.29 is 14.3 Å². The third-order valence-corrected chi connectivity index (χ3v) is 4.33. The number of hydrogen-bond acceptors (Lipinski definition) is 5. The molecule has 0 saturated carbocycles. The molecule has 7 heteroatoms. The molecule has 6 nitrogen and oxygen atoms in total. The second-order valence-electron chi connectivity index (χ2n) is 6.04. The number of amides is 1. The number of nitrogens with one attached hydrogen (secondary N) is 2. The van der Waals surface area contributed by atoms with Gasteiger partial charge in [0, 0.05) is 22.5 Å². The zero-order valence-corrected chi connectivity index (χ0v) is 15.2. The number of ether oxygens (including phenoxy) is 2. The van der Waals surface area contributed by atoms with E-state index < -0.39 is 0 Å². The molecule has 3 aromatic rings. The van der Waals surface area contributed by atoms with Crippen molar-refractivity contribution in [3.63, 3.8) is 0 Å². The monoisotopic (exact) mass is 381 g/mol. The molecule has 1 aliphatic rings. The molecule has 27 heavy (non-hydrogen) atoms. The van der Waals surface area contributed by atoms with E-state index in [0.717, 1.165) is 16.9 Å². The number of benzene rings is 2. The lowest BCUT2D eigenvalue weighted by atomic mass is 10.2. The van der Waals surface area contributed by atoms with Crippen molar-refractivity contribution in [1.82, 2.24) is 4.98 Å². The first-order valence-corrected chi connectivity index (χ1v) is 8.66. The summed E-state index contributed by atoms with van der Waals surface area (Å²) in [5.41, 5.74) is 3.65. The number of pyridine rings is 1. The molecule has 136 valence electrons. The van der Waals surface area contributed by atoms with E-state index in [1.54, 1.807) is 36.5 Å². The summed E-state index contributed by atoms with van der Waals surface area (Å²) in [6.45, 7) is 2.16. The van der Waals surface area contributed by atoms with Gasteiger partial charge < -0.3 is 20.1 Å². The molecule has 0 unspecified atom stereocenters. The van der Waals surface area contributed by atoms with Crippen molar-refractivity contribution in [2.45, 2.75) is 6.92 Å². The minimum atomic E-state index is -0.303. The highest BCUT2D eigenvalue weighted by molar-refractivity contribution is 6.30. The van der Waals surface area contributed by atoms with Gasteiger partial charge in [-0.25, -0.2) is 4.98 Å². The molecule has 0 aliphatic carbocycles. The molecule has 0 spiro atoms. The van der Waals surface area contributed by atoms with Gasteiger partial charge >= 0.3 is 0 Å². The maximum absolute atomic E-state index is 12.4. The van der Waals surface area contributed by atoms with Gasteiger partial charge in [-0.05, 0) is 55.0 Å². The first-order chi connectivity index (χ1) is 13.1. The van der Waals surface area contributed by atoms with Gasteiger partial charge in [0.05, 0.1) is 11.9 Å². The van der Waals surface area contributed by atoms with E-state index in [9.17, 15) is 4.79 Å². The number of aromatic nitrogens is 1. The molecule has 1 aliphatic heterocycles. The average Bonchev–Trinajstić information content (AvgIpc) is 3.12. The Hall–Kier alpha value is -3.25. The van der Waals surface area contributed by atoms with E-state index in [1.165, 1.54) is 0 Å². The summed E-state index contributed by atoms with van der Waals surface area (Å²) in [7, 11) is 0. The van der Waals surface area contributed by atoms with Crippen molar-refractivity contribution in [3.8, 4) is 11.5 Å². The van der Waals surface area contributed by atoms with Crippen LogP contribution in [0.4, 0.5) is 17.1 Å². The lowest BCUT2D eigenvalue weighted by molar-refractivity contribution is 0.102. The van der Waals surface area contributed by atoms with Crippen molar-refractivity contribution >= 4 is 34.6 Å². The summed E-state index contributed by atoms with van der Waals surface area (Å²) in [5.74, 6) is 0.973. The Bertz CT molecular complexity index is 1010. The Balaban J connectivity index is 1.44. The average molecular weight is 382 g/mol. The molecule has 0 fully saturated rings. The van der Waals surface area contributed by atoms with E-state index in [-0.39, 0.29) is 12.7 Å². The van der Waals surface area contributed by atoms with Gasteiger partial charge in [-0.1, -0.05) is 11.6 Å². The third-order valence-electron chi connectivity index (χ3n) is 4.09. The first kappa shape index (κ1) is 17.2. The molecule has 2 aromatic carbocycles. The number of halogens is 1. The maximum Gasteiger partial charge on any atom is 0.274 e. The number of carbonyl (C=O) groups excluding carboxylic acids is 1. The fourth-order valence-corrected chi connectivity index (χ4v) is 2.92. The summed E-state index contributed by atoms with van der Waals surface area (Å²) in [6, 6.07) is 14.3. The molecule has 0 bridgehead atoms. The summed E-state index contributed by atoms with van der Waals surface area (Å²) in [5, 5.41) is 6.75. The zero-order valence-electron chi connectivity index (χ0n) is 14.5. The molecule has 1 amide bonds. The number of nitrogens with zero attached hydrogens (tertiary/aromatic N) is 1. The maximum atomic E-state index is 12.4. The second-order valence-corrected chi connectivity index (χ2v) is 6.47. The third kappa shape index (κ3) is 3.80. The number of rotatable bonds is 4. The predicted molar refractivity (Wildman–Crippen MR) is 104 cm³/mol. The van der Waals surface area contributed by atoms with Crippen LogP contribution in [0.25, 0.3) is 0 Å². The van der Waals surface area contributed by atoms with E-state index in [1.807, 2.05) is 25.1 Å². The van der Waals surface area contributed by atoms with E-state index in [0.29, 0.717) is 27.9 Å². The summed E-state index contributed by atoms with van der Waals surface area (Å²) < 4.78 is 10.6. The predicted octanol–water partition coefficient (Wildman–Crippen LogP) is 4.77. The van der Waals surface area contributed by atoms with Crippen LogP contribution in [0.3, 0.4) is 0 Å². The Morgan fingerprint density at radius 3 is 2.63 bits per heavy atom. The van der Waals surface area contributed by atoms with Gasteiger partial charge in [-0.15, -0.1) is 0 Å². The number of fused-ring (bicyclic) bond motifs is 1. The van der Waals surface area contributed by atoms with Crippen LogP contribution in [0.2, 0.25) is 5.02 Å². The van der Waals surface area contributed by atoms with Crippen LogP contribution in [0.1, 0.15) is 16.1 Å². The molecule has 0 saturated heterocycles. The van der Waals surface area contributed by atoms with Crippen LogP contribution in [0.15, 0.2) is 54.7 Å². The fourth-order valence-electron chi connectivity index (χ4n) is 2.69. The van der Waals surface area contributed by atoms with E-state index in [2.05, 4.69) is 15.6 Å². The lowest BCUT2D eigenvalue weighted by Gasteiger charge is -2.10. The lowest BCUT2D eigenvalue weighted by Crippen LogP contribution is -2.13. The van der Waals surface area contributed by atoms with Crippen molar-refractivity contribution in [1.29, 1.82) is 0 Å². The first-order valence-electron chi connectivity index (χ1n) is 8.29. The highest BCUT2D eigenvalue weighted by Gasteiger charge is 2.15. The van der Waals surface area contributed by atoms with Crippen molar-refractivity contribution in [3.05, 3.63) is 71.0 Å². The largest absolute Gasteiger partial charge is 0.454 e. The van der Waals surface area contributed by atoms with Crippen molar-refractivity contribution in [2.24, 2.45) is 0 Å². The van der Waals surface area contributed by atoms with Gasteiger partial charge in [-0.2, -0.15) is 0 Å². The Morgan fingerprint density at radius 2 is 1.85 bits per heavy atom. The Labute approximate surface area is 161 Å². The molecule has 0 radical (unpaired) electrons. The number of anilines is 3. The van der Waals surface area contributed by atoms with Crippen LogP contribution in [0, 0.1) is 6.92 Å². The molecule has 4 rings (SSSR count). The van der Waals surface area contributed by atoms with Crippen molar-refractivity contribution in [2.75, 3.05) is 17.4 Å². The smallest absolute Gasteiger partial charge is 0.274 e. The Morgan fingerprint density at radius 1 is 1.04 bits per heavy atom. The second kappa shape index (κ2) is 7.17. The summed E-state index contributed by atoms with van der Waals surface area (Å²) in [6.07, 6.45) is 1.61. The quantitative estimate of drug-likeness (QED) is 0.681. The van der Waals surface area contributed by atoms with Crippen LogP contribution in [0.5, 0.6) is 11.5 Å². The molecule has 1 aromatic heterocycles. The van der Waals surface area contributed by atoms with Crippen LogP contribution < -0.4 is 20.1 Å². The van der Waals surface area contributed by atoms with Crippen LogP contribution in [-0.2, 0) is 0 Å². The van der Waals surface area contributed by atoms with E-state index >= 15 is 0 Å². The van der Waals surface area contributed by atoms with Gasteiger partial charge in [0.1, 0.15) is 5.69 Å². The normalized spacial score (nSPS) is 11.9. The molecular weight excluding hydrogens is 366 g/mol.